The topological polar surface area (TPSA) is 67.9 Å². The summed E-state index contributed by atoms with van der Waals surface area (Å²) in [7, 11) is 0. The SMILES string of the molecule is CCOC(=O)N1CCC(NC(=O)COc2ccccc2CC)CC1. The number of benzene rings is 1. The van der Waals surface area contributed by atoms with Gasteiger partial charge in [-0.15, -0.1) is 0 Å². The Morgan fingerprint density at radius 1 is 1.21 bits per heavy atom. The molecule has 1 aromatic carbocycles. The van der Waals surface area contributed by atoms with E-state index in [1.165, 1.54) is 0 Å². The Labute approximate surface area is 143 Å². The molecule has 1 N–H and O–H groups in total. The lowest BCUT2D eigenvalue weighted by atomic mass is 10.1. The van der Waals surface area contributed by atoms with Gasteiger partial charge in [-0.3, -0.25) is 4.79 Å². The van der Waals surface area contributed by atoms with E-state index in [0.717, 1.165) is 30.6 Å². The number of hydrogen-bond acceptors (Lipinski definition) is 4. The molecular formula is C18H26N2O4. The number of ether oxygens (including phenoxy) is 2. The third-order valence-electron chi connectivity index (χ3n) is 4.10. The van der Waals surface area contributed by atoms with Gasteiger partial charge in [0, 0.05) is 19.1 Å². The number of aryl methyl sites for hydroxylation is 1. The Bertz CT molecular complexity index is 554. The van der Waals surface area contributed by atoms with Gasteiger partial charge in [-0.25, -0.2) is 4.79 Å². The highest BCUT2D eigenvalue weighted by Gasteiger charge is 2.24. The molecule has 1 saturated heterocycles. The molecule has 1 aliphatic rings. The number of para-hydroxylation sites is 1. The van der Waals surface area contributed by atoms with Gasteiger partial charge in [0.2, 0.25) is 0 Å². The van der Waals surface area contributed by atoms with E-state index in [2.05, 4.69) is 12.2 Å². The predicted molar refractivity (Wildman–Crippen MR) is 91.1 cm³/mol. The standard InChI is InChI=1S/C18H26N2O4/c1-3-14-7-5-6-8-16(14)24-13-17(21)19-15-9-11-20(12-10-15)18(22)23-4-2/h5-8,15H,3-4,9-13H2,1-2H3,(H,19,21). The van der Waals surface area contributed by atoms with Crippen molar-refractivity contribution in [1.29, 1.82) is 0 Å². The van der Waals surface area contributed by atoms with Crippen LogP contribution in [0.5, 0.6) is 5.75 Å². The summed E-state index contributed by atoms with van der Waals surface area (Å²) >= 11 is 0. The Morgan fingerprint density at radius 3 is 2.58 bits per heavy atom. The molecular weight excluding hydrogens is 308 g/mol. The number of nitrogens with one attached hydrogen (secondary N) is 1. The second-order valence-corrected chi connectivity index (χ2v) is 5.78. The van der Waals surface area contributed by atoms with Crippen LogP contribution in [0.25, 0.3) is 0 Å². The van der Waals surface area contributed by atoms with Crippen LogP contribution in [0.3, 0.4) is 0 Å². The number of carbonyl (C=O) groups is 2. The zero-order valence-corrected chi connectivity index (χ0v) is 14.4. The highest BCUT2D eigenvalue weighted by Crippen LogP contribution is 2.18. The first-order chi connectivity index (χ1) is 11.6. The molecule has 0 atom stereocenters. The van der Waals surface area contributed by atoms with Gasteiger partial charge in [-0.1, -0.05) is 25.1 Å². The van der Waals surface area contributed by atoms with Crippen molar-refractivity contribution >= 4 is 12.0 Å². The minimum atomic E-state index is -0.276. The average molecular weight is 334 g/mol. The van der Waals surface area contributed by atoms with E-state index in [1.54, 1.807) is 11.8 Å². The van der Waals surface area contributed by atoms with Gasteiger partial charge in [-0.2, -0.15) is 0 Å². The van der Waals surface area contributed by atoms with Gasteiger partial charge in [0.15, 0.2) is 6.61 Å². The Morgan fingerprint density at radius 2 is 1.92 bits per heavy atom. The summed E-state index contributed by atoms with van der Waals surface area (Å²) in [6, 6.07) is 7.82. The Hall–Kier alpha value is -2.24. The number of hydrogen-bond donors (Lipinski definition) is 1. The van der Waals surface area contributed by atoms with Crippen molar-refractivity contribution in [2.75, 3.05) is 26.3 Å². The predicted octanol–water partition coefficient (Wildman–Crippen LogP) is 2.36. The van der Waals surface area contributed by atoms with Crippen molar-refractivity contribution < 1.29 is 19.1 Å². The molecule has 2 rings (SSSR count). The number of amides is 2. The van der Waals surface area contributed by atoms with Crippen LogP contribution < -0.4 is 10.1 Å². The van der Waals surface area contributed by atoms with Crippen LogP contribution in [0.4, 0.5) is 4.79 Å². The molecule has 0 radical (unpaired) electrons. The normalized spacial score (nSPS) is 15.0. The monoisotopic (exact) mass is 334 g/mol. The number of likely N-dealkylation sites (tertiary alicyclic amines) is 1. The van der Waals surface area contributed by atoms with Crippen LogP contribution in [0.2, 0.25) is 0 Å². The number of rotatable bonds is 6. The summed E-state index contributed by atoms with van der Waals surface area (Å²) in [5.74, 6) is 0.628. The number of carbonyl (C=O) groups excluding carboxylic acids is 2. The van der Waals surface area contributed by atoms with E-state index < -0.39 is 0 Å². The van der Waals surface area contributed by atoms with Gasteiger partial charge < -0.3 is 19.7 Å². The van der Waals surface area contributed by atoms with Crippen molar-refractivity contribution in [1.82, 2.24) is 10.2 Å². The largest absolute Gasteiger partial charge is 0.483 e. The summed E-state index contributed by atoms with van der Waals surface area (Å²) in [5, 5.41) is 2.98. The summed E-state index contributed by atoms with van der Waals surface area (Å²) in [4.78, 5) is 25.4. The van der Waals surface area contributed by atoms with Crippen LogP contribution in [0.15, 0.2) is 24.3 Å². The second kappa shape index (κ2) is 9.15. The highest BCUT2D eigenvalue weighted by atomic mass is 16.6. The first-order valence-electron chi connectivity index (χ1n) is 8.55. The van der Waals surface area contributed by atoms with Crippen LogP contribution in [0, 0.1) is 0 Å². The van der Waals surface area contributed by atoms with Gasteiger partial charge in [0.1, 0.15) is 5.75 Å². The fraction of sp³-hybridized carbons (Fsp3) is 0.556. The molecule has 0 saturated carbocycles. The summed E-state index contributed by atoms with van der Waals surface area (Å²) < 4.78 is 10.6. The molecule has 1 fully saturated rings. The maximum Gasteiger partial charge on any atom is 0.409 e. The molecule has 0 aromatic heterocycles. The van der Waals surface area contributed by atoms with Crippen LogP contribution >= 0.6 is 0 Å². The molecule has 6 nitrogen and oxygen atoms in total. The van der Waals surface area contributed by atoms with Crippen molar-refractivity contribution in [3.63, 3.8) is 0 Å². The van der Waals surface area contributed by atoms with Gasteiger partial charge in [-0.05, 0) is 37.8 Å². The molecule has 0 bridgehead atoms. The molecule has 0 aliphatic carbocycles. The van der Waals surface area contributed by atoms with E-state index in [4.69, 9.17) is 9.47 Å². The summed E-state index contributed by atoms with van der Waals surface area (Å²) in [6.45, 7) is 5.44. The molecule has 132 valence electrons. The lowest BCUT2D eigenvalue weighted by Crippen LogP contribution is -2.47. The molecule has 0 unspecified atom stereocenters. The van der Waals surface area contributed by atoms with Crippen molar-refractivity contribution in [3.8, 4) is 5.75 Å². The van der Waals surface area contributed by atoms with E-state index >= 15 is 0 Å². The van der Waals surface area contributed by atoms with E-state index in [1.807, 2.05) is 24.3 Å². The zero-order chi connectivity index (χ0) is 17.4. The Balaban J connectivity index is 1.73. The van der Waals surface area contributed by atoms with Gasteiger partial charge in [0.25, 0.3) is 5.91 Å². The number of piperidine rings is 1. The van der Waals surface area contributed by atoms with Gasteiger partial charge in [0.05, 0.1) is 6.61 Å². The summed E-state index contributed by atoms with van der Waals surface area (Å²) in [6.07, 6.45) is 2.05. The van der Waals surface area contributed by atoms with Crippen LogP contribution in [0.1, 0.15) is 32.3 Å². The zero-order valence-electron chi connectivity index (χ0n) is 14.4. The van der Waals surface area contributed by atoms with Crippen molar-refractivity contribution in [2.24, 2.45) is 0 Å². The fourth-order valence-electron chi connectivity index (χ4n) is 2.77. The minimum Gasteiger partial charge on any atom is -0.483 e. The minimum absolute atomic E-state index is 0.00903. The lowest BCUT2D eigenvalue weighted by molar-refractivity contribution is -0.124. The van der Waals surface area contributed by atoms with Crippen LogP contribution in [-0.2, 0) is 16.0 Å². The van der Waals surface area contributed by atoms with Crippen molar-refractivity contribution in [3.05, 3.63) is 29.8 Å². The molecule has 0 spiro atoms. The molecule has 6 heteroatoms. The fourth-order valence-corrected chi connectivity index (χ4v) is 2.77. The molecule has 2 amide bonds. The lowest BCUT2D eigenvalue weighted by Gasteiger charge is -2.31. The first kappa shape index (κ1) is 18.1. The molecule has 1 heterocycles. The maximum atomic E-state index is 12.1. The maximum absolute atomic E-state index is 12.1. The van der Waals surface area contributed by atoms with Gasteiger partial charge >= 0.3 is 6.09 Å². The van der Waals surface area contributed by atoms with E-state index in [-0.39, 0.29) is 24.6 Å². The molecule has 1 aliphatic heterocycles. The van der Waals surface area contributed by atoms with Crippen LogP contribution in [-0.4, -0.2) is 49.2 Å². The second-order valence-electron chi connectivity index (χ2n) is 5.78. The van der Waals surface area contributed by atoms with E-state index in [0.29, 0.717) is 19.7 Å². The molecule has 1 aromatic rings. The first-order valence-corrected chi connectivity index (χ1v) is 8.55. The highest BCUT2D eigenvalue weighted by molar-refractivity contribution is 5.78. The quantitative estimate of drug-likeness (QED) is 0.867. The third-order valence-corrected chi connectivity index (χ3v) is 4.10. The van der Waals surface area contributed by atoms with Crippen molar-refractivity contribution in [2.45, 2.75) is 39.2 Å². The smallest absolute Gasteiger partial charge is 0.409 e. The third kappa shape index (κ3) is 5.15. The summed E-state index contributed by atoms with van der Waals surface area (Å²) in [5.41, 5.74) is 1.09. The average Bonchev–Trinajstić information content (AvgIpc) is 2.61. The number of nitrogens with zero attached hydrogens (tertiary/aromatic N) is 1. The Kier molecular flexibility index (Phi) is 6.90. The van der Waals surface area contributed by atoms with E-state index in [9.17, 15) is 9.59 Å². The molecule has 24 heavy (non-hydrogen) atoms.